The number of ether oxygens (including phenoxy) is 2. The SMILES string of the molecule is O=C(O[C@@H]1[C@@H](O)[C@@H](O)[C@@H](CO)O[C@@H]1O)c1ccccc1. The first-order valence-electron chi connectivity index (χ1n) is 6.11. The molecule has 0 radical (unpaired) electrons. The monoisotopic (exact) mass is 284 g/mol. The minimum Gasteiger partial charge on any atom is -0.450 e. The molecule has 1 aromatic rings. The summed E-state index contributed by atoms with van der Waals surface area (Å²) < 4.78 is 9.85. The van der Waals surface area contributed by atoms with Gasteiger partial charge in [0.25, 0.3) is 0 Å². The summed E-state index contributed by atoms with van der Waals surface area (Å²) in [6, 6.07) is 8.02. The molecule has 1 aromatic carbocycles. The lowest BCUT2D eigenvalue weighted by atomic mass is 9.99. The lowest BCUT2D eigenvalue weighted by Gasteiger charge is -2.39. The van der Waals surface area contributed by atoms with Gasteiger partial charge < -0.3 is 29.9 Å². The lowest BCUT2D eigenvalue weighted by molar-refractivity contribution is -0.285. The maximum atomic E-state index is 11.8. The fourth-order valence-corrected chi connectivity index (χ4v) is 1.96. The molecule has 110 valence electrons. The maximum Gasteiger partial charge on any atom is 0.338 e. The molecule has 5 atom stereocenters. The molecule has 0 saturated carbocycles. The first-order valence-corrected chi connectivity index (χ1v) is 6.11. The minimum absolute atomic E-state index is 0.241. The van der Waals surface area contributed by atoms with Crippen molar-refractivity contribution in [3.63, 3.8) is 0 Å². The predicted octanol–water partition coefficient (Wildman–Crippen LogP) is -1.36. The molecule has 0 amide bonds. The van der Waals surface area contributed by atoms with Crippen LogP contribution < -0.4 is 0 Å². The largest absolute Gasteiger partial charge is 0.450 e. The molecule has 0 spiro atoms. The molecule has 0 bridgehead atoms. The molecule has 1 heterocycles. The molecular weight excluding hydrogens is 268 g/mol. The minimum atomic E-state index is -1.63. The normalized spacial score (nSPS) is 33.7. The van der Waals surface area contributed by atoms with E-state index in [4.69, 9.17) is 14.6 Å². The van der Waals surface area contributed by atoms with E-state index in [-0.39, 0.29) is 5.56 Å². The standard InChI is InChI=1S/C13H16O7/c14-6-8-9(15)10(16)11(13(18)19-8)20-12(17)7-4-2-1-3-5-7/h1-5,8-11,13-16,18H,6H2/t8-,9+,10+,11-,13+/m1/s1. The number of benzene rings is 1. The van der Waals surface area contributed by atoms with E-state index in [2.05, 4.69) is 0 Å². The number of hydrogen-bond acceptors (Lipinski definition) is 7. The van der Waals surface area contributed by atoms with Crippen LogP contribution >= 0.6 is 0 Å². The van der Waals surface area contributed by atoms with Crippen LogP contribution in [0.2, 0.25) is 0 Å². The first kappa shape index (κ1) is 14.9. The van der Waals surface area contributed by atoms with Gasteiger partial charge >= 0.3 is 5.97 Å². The van der Waals surface area contributed by atoms with Crippen molar-refractivity contribution in [2.45, 2.75) is 30.7 Å². The smallest absolute Gasteiger partial charge is 0.338 e. The van der Waals surface area contributed by atoms with E-state index in [1.165, 1.54) is 12.1 Å². The van der Waals surface area contributed by atoms with Gasteiger partial charge in [0.05, 0.1) is 12.2 Å². The molecular formula is C13H16O7. The van der Waals surface area contributed by atoms with Crippen molar-refractivity contribution in [2.24, 2.45) is 0 Å². The second kappa shape index (κ2) is 6.29. The van der Waals surface area contributed by atoms with Gasteiger partial charge in [0, 0.05) is 0 Å². The van der Waals surface area contributed by atoms with E-state index in [1.807, 2.05) is 0 Å². The van der Waals surface area contributed by atoms with E-state index in [1.54, 1.807) is 18.2 Å². The number of aliphatic hydroxyl groups is 4. The number of rotatable bonds is 3. The summed E-state index contributed by atoms with van der Waals surface area (Å²) >= 11 is 0. The molecule has 1 fully saturated rings. The topological polar surface area (TPSA) is 116 Å². The summed E-state index contributed by atoms with van der Waals surface area (Å²) in [5.74, 6) is -0.757. The second-order valence-corrected chi connectivity index (χ2v) is 4.46. The molecule has 1 saturated heterocycles. The maximum absolute atomic E-state index is 11.8. The van der Waals surface area contributed by atoms with Gasteiger partial charge in [-0.15, -0.1) is 0 Å². The van der Waals surface area contributed by atoms with E-state index < -0.39 is 43.3 Å². The van der Waals surface area contributed by atoms with Gasteiger partial charge in [-0.05, 0) is 12.1 Å². The third-order valence-electron chi connectivity index (χ3n) is 3.10. The molecule has 20 heavy (non-hydrogen) atoms. The van der Waals surface area contributed by atoms with Gasteiger partial charge in [0.2, 0.25) is 0 Å². The summed E-state index contributed by atoms with van der Waals surface area (Å²) in [6.45, 7) is -0.575. The molecule has 4 N–H and O–H groups in total. The van der Waals surface area contributed by atoms with E-state index in [0.29, 0.717) is 0 Å². The summed E-state index contributed by atoms with van der Waals surface area (Å²) in [5.41, 5.74) is 0.241. The molecule has 1 aliphatic heterocycles. The van der Waals surface area contributed by atoms with Crippen LogP contribution in [0, 0.1) is 0 Å². The average Bonchev–Trinajstić information content (AvgIpc) is 2.48. The van der Waals surface area contributed by atoms with Crippen LogP contribution in [0.1, 0.15) is 10.4 Å². The summed E-state index contributed by atoms with van der Waals surface area (Å²) in [5, 5.41) is 38.1. The van der Waals surface area contributed by atoms with Gasteiger partial charge in [0.1, 0.15) is 18.3 Å². The van der Waals surface area contributed by atoms with E-state index in [0.717, 1.165) is 0 Å². The Morgan fingerprint density at radius 3 is 2.40 bits per heavy atom. The zero-order valence-corrected chi connectivity index (χ0v) is 10.5. The fraction of sp³-hybridized carbons (Fsp3) is 0.462. The van der Waals surface area contributed by atoms with Crippen molar-refractivity contribution in [2.75, 3.05) is 6.61 Å². The van der Waals surface area contributed by atoms with Crippen LogP contribution in [0.4, 0.5) is 0 Å². The van der Waals surface area contributed by atoms with Crippen LogP contribution in [-0.4, -0.2) is 63.7 Å². The Kier molecular flexibility index (Phi) is 4.69. The Balaban J connectivity index is 2.07. The van der Waals surface area contributed by atoms with Crippen molar-refractivity contribution in [1.82, 2.24) is 0 Å². The van der Waals surface area contributed by atoms with Gasteiger partial charge in [-0.3, -0.25) is 0 Å². The first-order chi connectivity index (χ1) is 9.54. The van der Waals surface area contributed by atoms with Gasteiger partial charge in [0.15, 0.2) is 12.4 Å². The highest BCUT2D eigenvalue weighted by Crippen LogP contribution is 2.23. The van der Waals surface area contributed by atoms with Crippen molar-refractivity contribution in [3.05, 3.63) is 35.9 Å². The Morgan fingerprint density at radius 1 is 1.15 bits per heavy atom. The van der Waals surface area contributed by atoms with Crippen LogP contribution in [0.5, 0.6) is 0 Å². The third kappa shape index (κ3) is 2.97. The van der Waals surface area contributed by atoms with Crippen molar-refractivity contribution < 1.29 is 34.7 Å². The fourth-order valence-electron chi connectivity index (χ4n) is 1.96. The highest BCUT2D eigenvalue weighted by atomic mass is 16.7. The Morgan fingerprint density at radius 2 is 1.80 bits per heavy atom. The molecule has 0 aromatic heterocycles. The molecule has 7 nitrogen and oxygen atoms in total. The lowest BCUT2D eigenvalue weighted by Crippen LogP contribution is -2.59. The molecule has 0 aliphatic carbocycles. The summed E-state index contributed by atoms with van der Waals surface area (Å²) in [6.07, 6.45) is -7.20. The molecule has 0 unspecified atom stereocenters. The third-order valence-corrected chi connectivity index (χ3v) is 3.10. The van der Waals surface area contributed by atoms with Gasteiger partial charge in [-0.2, -0.15) is 0 Å². The Labute approximate surface area is 115 Å². The van der Waals surface area contributed by atoms with E-state index in [9.17, 15) is 20.1 Å². The molecule has 1 aliphatic rings. The van der Waals surface area contributed by atoms with E-state index >= 15 is 0 Å². The second-order valence-electron chi connectivity index (χ2n) is 4.46. The van der Waals surface area contributed by atoms with Crippen molar-refractivity contribution in [1.29, 1.82) is 0 Å². The van der Waals surface area contributed by atoms with Crippen LogP contribution in [0.15, 0.2) is 30.3 Å². The highest BCUT2D eigenvalue weighted by Gasteiger charge is 2.45. The van der Waals surface area contributed by atoms with Crippen molar-refractivity contribution in [3.8, 4) is 0 Å². The zero-order chi connectivity index (χ0) is 14.7. The molecule has 7 heteroatoms. The number of hydrogen-bond donors (Lipinski definition) is 4. The van der Waals surface area contributed by atoms with Gasteiger partial charge in [-0.1, -0.05) is 18.2 Å². The number of aliphatic hydroxyl groups excluding tert-OH is 4. The average molecular weight is 284 g/mol. The Hall–Kier alpha value is -1.51. The van der Waals surface area contributed by atoms with Crippen LogP contribution in [0.3, 0.4) is 0 Å². The number of carbonyl (C=O) groups is 1. The summed E-state index contributed by atoms with van der Waals surface area (Å²) in [4.78, 5) is 11.8. The van der Waals surface area contributed by atoms with Crippen LogP contribution in [-0.2, 0) is 9.47 Å². The zero-order valence-electron chi connectivity index (χ0n) is 10.5. The van der Waals surface area contributed by atoms with Crippen molar-refractivity contribution >= 4 is 5.97 Å². The predicted molar refractivity (Wildman–Crippen MR) is 65.6 cm³/mol. The Bertz CT molecular complexity index is 449. The summed E-state index contributed by atoms with van der Waals surface area (Å²) in [7, 11) is 0. The number of esters is 1. The number of carbonyl (C=O) groups excluding carboxylic acids is 1. The highest BCUT2D eigenvalue weighted by molar-refractivity contribution is 5.89. The van der Waals surface area contributed by atoms with Gasteiger partial charge in [-0.25, -0.2) is 4.79 Å². The van der Waals surface area contributed by atoms with Crippen LogP contribution in [0.25, 0.3) is 0 Å². The quantitative estimate of drug-likeness (QED) is 0.507. The molecule has 2 rings (SSSR count).